The Labute approximate surface area is 154 Å². The van der Waals surface area contributed by atoms with Gasteiger partial charge in [-0.3, -0.25) is 4.79 Å². The molecule has 138 valence electrons. The Hall–Kier alpha value is -1.24. The second-order valence-electron chi connectivity index (χ2n) is 6.70. The Balaban J connectivity index is 1.53. The van der Waals surface area contributed by atoms with E-state index in [0.29, 0.717) is 6.61 Å². The molecule has 1 N–H and O–H groups in total. The molecule has 6 heteroatoms. The number of hydrogen-bond acceptors (Lipinski definition) is 5. The molecule has 2 heterocycles. The summed E-state index contributed by atoms with van der Waals surface area (Å²) in [5, 5.41) is 2.99. The molecule has 0 spiro atoms. The highest BCUT2D eigenvalue weighted by Crippen LogP contribution is 2.25. The van der Waals surface area contributed by atoms with Gasteiger partial charge in [-0.05, 0) is 50.5 Å². The Kier molecular flexibility index (Phi) is 6.62. The number of hydrogen-bond donors (Lipinski definition) is 1. The standard InChI is InChI=1S/C19H28N2O3S/c1-14-12-16(21-7-10-25-11-8-21)5-6-18(14)20-19(22)15(2)24-13-17-4-3-9-23-17/h5-6,12,15,17H,3-4,7-11,13H2,1-2H3,(H,20,22). The van der Waals surface area contributed by atoms with Crippen molar-refractivity contribution in [2.45, 2.75) is 38.9 Å². The highest BCUT2D eigenvalue weighted by atomic mass is 32.2. The van der Waals surface area contributed by atoms with Crippen LogP contribution in [0.25, 0.3) is 0 Å². The summed E-state index contributed by atoms with van der Waals surface area (Å²) >= 11 is 2.00. The first kappa shape index (κ1) is 18.5. The van der Waals surface area contributed by atoms with Crippen LogP contribution in [0.4, 0.5) is 11.4 Å². The molecule has 0 radical (unpaired) electrons. The summed E-state index contributed by atoms with van der Waals surface area (Å²) in [4.78, 5) is 14.8. The van der Waals surface area contributed by atoms with Gasteiger partial charge >= 0.3 is 0 Å². The minimum atomic E-state index is -0.484. The fraction of sp³-hybridized carbons (Fsp3) is 0.632. The minimum Gasteiger partial charge on any atom is -0.376 e. The number of carbonyl (C=O) groups excluding carboxylic acids is 1. The maximum atomic E-state index is 12.4. The Bertz CT molecular complexity index is 584. The largest absolute Gasteiger partial charge is 0.376 e. The molecule has 0 saturated carbocycles. The third kappa shape index (κ3) is 5.12. The Morgan fingerprint density at radius 2 is 2.24 bits per heavy atom. The quantitative estimate of drug-likeness (QED) is 0.841. The molecular formula is C19H28N2O3S. The molecule has 1 aromatic rings. The molecule has 0 bridgehead atoms. The number of nitrogens with zero attached hydrogens (tertiary/aromatic N) is 1. The molecule has 1 aromatic carbocycles. The van der Waals surface area contributed by atoms with Crippen LogP contribution in [-0.4, -0.2) is 55.9 Å². The highest BCUT2D eigenvalue weighted by Gasteiger charge is 2.20. The lowest BCUT2D eigenvalue weighted by Gasteiger charge is -2.29. The third-order valence-corrected chi connectivity index (χ3v) is 5.71. The molecular weight excluding hydrogens is 336 g/mol. The van der Waals surface area contributed by atoms with E-state index in [1.165, 1.54) is 17.2 Å². The van der Waals surface area contributed by atoms with E-state index in [9.17, 15) is 4.79 Å². The molecule has 2 saturated heterocycles. The van der Waals surface area contributed by atoms with Gasteiger partial charge in [-0.1, -0.05) is 0 Å². The molecule has 2 aliphatic rings. The Morgan fingerprint density at radius 3 is 2.92 bits per heavy atom. The van der Waals surface area contributed by atoms with Crippen LogP contribution in [0.2, 0.25) is 0 Å². The summed E-state index contributed by atoms with van der Waals surface area (Å²) < 4.78 is 11.2. The number of thioether (sulfide) groups is 1. The van der Waals surface area contributed by atoms with Crippen molar-refractivity contribution in [2.75, 3.05) is 48.0 Å². The lowest BCUT2D eigenvalue weighted by molar-refractivity contribution is -0.128. The molecule has 2 fully saturated rings. The van der Waals surface area contributed by atoms with Crippen LogP contribution in [0.5, 0.6) is 0 Å². The fourth-order valence-corrected chi connectivity index (χ4v) is 4.05. The smallest absolute Gasteiger partial charge is 0.253 e. The average Bonchev–Trinajstić information content (AvgIpc) is 3.15. The number of anilines is 2. The SMILES string of the molecule is Cc1cc(N2CCSCC2)ccc1NC(=O)C(C)OCC1CCCO1. The number of benzene rings is 1. The summed E-state index contributed by atoms with van der Waals surface area (Å²) in [6.45, 7) is 7.29. The van der Waals surface area contributed by atoms with E-state index in [1.54, 1.807) is 6.92 Å². The van der Waals surface area contributed by atoms with E-state index in [0.717, 1.165) is 43.8 Å². The predicted molar refractivity (Wildman–Crippen MR) is 104 cm³/mol. The van der Waals surface area contributed by atoms with Crippen LogP contribution in [0, 0.1) is 6.92 Å². The van der Waals surface area contributed by atoms with E-state index in [1.807, 2.05) is 24.8 Å². The number of ether oxygens (including phenoxy) is 2. The van der Waals surface area contributed by atoms with Gasteiger partial charge in [0, 0.05) is 42.6 Å². The fourth-order valence-electron chi connectivity index (χ4n) is 3.14. The number of amides is 1. The minimum absolute atomic E-state index is 0.108. The van der Waals surface area contributed by atoms with Crippen molar-refractivity contribution in [3.05, 3.63) is 23.8 Å². The van der Waals surface area contributed by atoms with Crippen LogP contribution < -0.4 is 10.2 Å². The van der Waals surface area contributed by atoms with E-state index >= 15 is 0 Å². The summed E-state index contributed by atoms with van der Waals surface area (Å²) in [6, 6.07) is 6.25. The van der Waals surface area contributed by atoms with E-state index in [-0.39, 0.29) is 12.0 Å². The first-order chi connectivity index (χ1) is 12.1. The number of aryl methyl sites for hydroxylation is 1. The Morgan fingerprint density at radius 1 is 1.44 bits per heavy atom. The normalized spacial score (nSPS) is 22.0. The first-order valence-corrected chi connectivity index (χ1v) is 10.3. The molecule has 25 heavy (non-hydrogen) atoms. The second-order valence-corrected chi connectivity index (χ2v) is 7.92. The van der Waals surface area contributed by atoms with E-state index < -0.39 is 6.10 Å². The van der Waals surface area contributed by atoms with Gasteiger partial charge < -0.3 is 19.7 Å². The topological polar surface area (TPSA) is 50.8 Å². The zero-order valence-electron chi connectivity index (χ0n) is 15.1. The first-order valence-electron chi connectivity index (χ1n) is 9.11. The molecule has 5 nitrogen and oxygen atoms in total. The zero-order chi connectivity index (χ0) is 17.6. The third-order valence-electron chi connectivity index (χ3n) is 4.77. The molecule has 0 aromatic heterocycles. The van der Waals surface area contributed by atoms with E-state index in [2.05, 4.69) is 22.3 Å². The highest BCUT2D eigenvalue weighted by molar-refractivity contribution is 7.99. The molecule has 2 unspecified atom stereocenters. The van der Waals surface area contributed by atoms with Gasteiger partial charge in [0.15, 0.2) is 0 Å². The second kappa shape index (κ2) is 8.92. The van der Waals surface area contributed by atoms with Gasteiger partial charge in [0.1, 0.15) is 6.10 Å². The maximum Gasteiger partial charge on any atom is 0.253 e. The van der Waals surface area contributed by atoms with Gasteiger partial charge in [0.25, 0.3) is 5.91 Å². The maximum absolute atomic E-state index is 12.4. The predicted octanol–water partition coefficient (Wildman–Crippen LogP) is 3.07. The van der Waals surface area contributed by atoms with Crippen LogP contribution >= 0.6 is 11.8 Å². The van der Waals surface area contributed by atoms with Crippen molar-refractivity contribution in [1.29, 1.82) is 0 Å². The van der Waals surface area contributed by atoms with E-state index in [4.69, 9.17) is 9.47 Å². The monoisotopic (exact) mass is 364 g/mol. The van der Waals surface area contributed by atoms with Crippen molar-refractivity contribution in [3.63, 3.8) is 0 Å². The van der Waals surface area contributed by atoms with Crippen molar-refractivity contribution < 1.29 is 14.3 Å². The lowest BCUT2D eigenvalue weighted by atomic mass is 10.1. The van der Waals surface area contributed by atoms with Crippen molar-refractivity contribution in [3.8, 4) is 0 Å². The van der Waals surface area contributed by atoms with Crippen LogP contribution in [0.3, 0.4) is 0 Å². The van der Waals surface area contributed by atoms with Crippen molar-refractivity contribution in [1.82, 2.24) is 0 Å². The molecule has 2 atom stereocenters. The molecule has 1 amide bonds. The van der Waals surface area contributed by atoms with Crippen LogP contribution in [0.15, 0.2) is 18.2 Å². The van der Waals surface area contributed by atoms with Crippen molar-refractivity contribution >= 4 is 29.0 Å². The molecule has 2 aliphatic heterocycles. The average molecular weight is 365 g/mol. The summed E-state index contributed by atoms with van der Waals surface area (Å²) in [5.74, 6) is 2.25. The molecule has 0 aliphatic carbocycles. The zero-order valence-corrected chi connectivity index (χ0v) is 15.9. The van der Waals surface area contributed by atoms with Gasteiger partial charge in [-0.15, -0.1) is 0 Å². The van der Waals surface area contributed by atoms with Crippen LogP contribution in [-0.2, 0) is 14.3 Å². The number of nitrogens with one attached hydrogen (secondary N) is 1. The summed E-state index contributed by atoms with van der Waals surface area (Å²) in [5.41, 5.74) is 3.17. The van der Waals surface area contributed by atoms with Crippen LogP contribution in [0.1, 0.15) is 25.3 Å². The lowest BCUT2D eigenvalue weighted by Crippen LogP contribution is -2.32. The summed E-state index contributed by atoms with van der Waals surface area (Å²) in [7, 11) is 0. The van der Waals surface area contributed by atoms with Gasteiger partial charge in [-0.25, -0.2) is 0 Å². The van der Waals surface area contributed by atoms with Gasteiger partial charge in [0.05, 0.1) is 12.7 Å². The number of rotatable bonds is 6. The molecule has 3 rings (SSSR count). The van der Waals surface area contributed by atoms with Crippen molar-refractivity contribution in [2.24, 2.45) is 0 Å². The van der Waals surface area contributed by atoms with Gasteiger partial charge in [-0.2, -0.15) is 11.8 Å². The van der Waals surface area contributed by atoms with Gasteiger partial charge in [0.2, 0.25) is 0 Å². The summed E-state index contributed by atoms with van der Waals surface area (Å²) in [6.07, 6.45) is 1.75. The number of carbonyl (C=O) groups is 1.